The molecule has 0 aliphatic carbocycles. The molecule has 18 heavy (non-hydrogen) atoms. The zero-order valence-corrected chi connectivity index (χ0v) is 12.1. The molecule has 0 fully saturated rings. The van der Waals surface area contributed by atoms with Gasteiger partial charge in [0.15, 0.2) is 0 Å². The first kappa shape index (κ1) is 14.8. The molecule has 1 atom stereocenters. The predicted octanol–water partition coefficient (Wildman–Crippen LogP) is 3.70. The maximum absolute atomic E-state index is 5.73. The molecular weight excluding hydrogens is 226 g/mol. The van der Waals surface area contributed by atoms with Crippen LogP contribution in [0.4, 0.5) is 5.69 Å². The van der Waals surface area contributed by atoms with Gasteiger partial charge in [0.25, 0.3) is 0 Å². The predicted molar refractivity (Wildman–Crippen MR) is 76.4 cm³/mol. The van der Waals surface area contributed by atoms with E-state index in [1.165, 1.54) is 0 Å². The molecule has 0 heterocycles. The summed E-state index contributed by atoms with van der Waals surface area (Å²) in [6.07, 6.45) is 1.01. The van der Waals surface area contributed by atoms with E-state index in [1.54, 1.807) is 7.11 Å². The molecule has 0 amide bonds. The van der Waals surface area contributed by atoms with Crippen molar-refractivity contribution in [3.63, 3.8) is 0 Å². The third kappa shape index (κ3) is 3.91. The highest BCUT2D eigenvalue weighted by Crippen LogP contribution is 2.27. The number of para-hydroxylation sites is 2. The molecule has 3 heteroatoms. The number of anilines is 1. The molecule has 1 aromatic carbocycles. The fraction of sp³-hybridized carbons (Fsp3) is 0.600. The van der Waals surface area contributed by atoms with Crippen LogP contribution in [-0.2, 0) is 4.74 Å². The second-order valence-corrected chi connectivity index (χ2v) is 5.02. The first-order valence-corrected chi connectivity index (χ1v) is 6.54. The van der Waals surface area contributed by atoms with Gasteiger partial charge in [-0.3, -0.25) is 0 Å². The highest BCUT2D eigenvalue weighted by Gasteiger charge is 2.25. The van der Waals surface area contributed by atoms with E-state index in [4.69, 9.17) is 9.47 Å². The zero-order valence-electron chi connectivity index (χ0n) is 12.1. The molecule has 1 aromatic rings. The minimum absolute atomic E-state index is 0.189. The third-order valence-corrected chi connectivity index (χ3v) is 3.29. The molecule has 0 saturated heterocycles. The first-order valence-electron chi connectivity index (χ1n) is 6.54. The molecule has 0 aliphatic heterocycles. The third-order valence-electron chi connectivity index (χ3n) is 3.29. The molecule has 1 unspecified atom stereocenters. The van der Waals surface area contributed by atoms with Gasteiger partial charge in [-0.1, -0.05) is 19.1 Å². The topological polar surface area (TPSA) is 30.5 Å². The summed E-state index contributed by atoms with van der Waals surface area (Å²) in [7, 11) is 1.73. The van der Waals surface area contributed by atoms with Crippen LogP contribution in [0, 0.1) is 0 Å². The number of rotatable bonds is 7. The Morgan fingerprint density at radius 3 is 2.56 bits per heavy atom. The van der Waals surface area contributed by atoms with Crippen LogP contribution in [0.25, 0.3) is 0 Å². The van der Waals surface area contributed by atoms with E-state index < -0.39 is 0 Å². The van der Waals surface area contributed by atoms with Gasteiger partial charge in [-0.15, -0.1) is 0 Å². The minimum atomic E-state index is -0.224. The Labute approximate surface area is 110 Å². The lowest BCUT2D eigenvalue weighted by Crippen LogP contribution is -2.41. The van der Waals surface area contributed by atoms with E-state index in [0.29, 0.717) is 0 Å². The largest absolute Gasteiger partial charge is 0.491 e. The van der Waals surface area contributed by atoms with Gasteiger partial charge >= 0.3 is 0 Å². The van der Waals surface area contributed by atoms with E-state index in [-0.39, 0.29) is 11.6 Å². The van der Waals surface area contributed by atoms with Crippen molar-refractivity contribution >= 4 is 5.69 Å². The molecule has 0 saturated carbocycles. The number of hydrogen-bond donors (Lipinski definition) is 1. The van der Waals surface area contributed by atoms with E-state index in [1.807, 2.05) is 24.3 Å². The standard InChI is InChI=1S/C15H25NO2/c1-6-11-18-14-10-8-7-9-13(14)16-12(2)15(3,4)17-5/h7-10,12,16H,6,11H2,1-5H3. The Kier molecular flexibility index (Phi) is 5.48. The van der Waals surface area contributed by atoms with Crippen molar-refractivity contribution < 1.29 is 9.47 Å². The van der Waals surface area contributed by atoms with Gasteiger partial charge in [-0.2, -0.15) is 0 Å². The monoisotopic (exact) mass is 251 g/mol. The minimum Gasteiger partial charge on any atom is -0.491 e. The lowest BCUT2D eigenvalue weighted by Gasteiger charge is -2.32. The van der Waals surface area contributed by atoms with Gasteiger partial charge in [0.05, 0.1) is 23.9 Å². The lowest BCUT2D eigenvalue weighted by molar-refractivity contribution is 0.0107. The molecule has 0 bridgehead atoms. The summed E-state index contributed by atoms with van der Waals surface area (Å²) < 4.78 is 11.2. The van der Waals surface area contributed by atoms with Crippen molar-refractivity contribution in [2.24, 2.45) is 0 Å². The number of methoxy groups -OCH3 is 1. The zero-order chi connectivity index (χ0) is 13.6. The van der Waals surface area contributed by atoms with Gasteiger partial charge in [-0.05, 0) is 39.3 Å². The van der Waals surface area contributed by atoms with Crippen molar-refractivity contribution in [2.75, 3.05) is 19.0 Å². The molecule has 102 valence electrons. The van der Waals surface area contributed by atoms with E-state index in [2.05, 4.69) is 33.0 Å². The average molecular weight is 251 g/mol. The van der Waals surface area contributed by atoms with Crippen LogP contribution >= 0.6 is 0 Å². The fourth-order valence-corrected chi connectivity index (χ4v) is 1.51. The van der Waals surface area contributed by atoms with Crippen LogP contribution in [0.5, 0.6) is 5.75 Å². The van der Waals surface area contributed by atoms with Gasteiger partial charge < -0.3 is 14.8 Å². The van der Waals surface area contributed by atoms with Crippen molar-refractivity contribution in [1.29, 1.82) is 0 Å². The summed E-state index contributed by atoms with van der Waals surface area (Å²) >= 11 is 0. The maximum Gasteiger partial charge on any atom is 0.142 e. The second-order valence-electron chi connectivity index (χ2n) is 5.02. The Balaban J connectivity index is 2.77. The molecule has 3 nitrogen and oxygen atoms in total. The van der Waals surface area contributed by atoms with Crippen LogP contribution in [-0.4, -0.2) is 25.4 Å². The SMILES string of the molecule is CCCOc1ccccc1NC(C)C(C)(C)OC. The molecule has 1 N–H and O–H groups in total. The van der Waals surface area contributed by atoms with Gasteiger partial charge in [0.1, 0.15) is 5.75 Å². The highest BCUT2D eigenvalue weighted by molar-refractivity contribution is 5.57. The molecule has 0 aromatic heterocycles. The summed E-state index contributed by atoms with van der Waals surface area (Å²) in [5.74, 6) is 0.901. The summed E-state index contributed by atoms with van der Waals surface area (Å²) in [6, 6.07) is 8.21. The van der Waals surface area contributed by atoms with Crippen LogP contribution in [0.1, 0.15) is 34.1 Å². The van der Waals surface area contributed by atoms with Crippen LogP contribution in [0.15, 0.2) is 24.3 Å². The van der Waals surface area contributed by atoms with Crippen molar-refractivity contribution in [2.45, 2.75) is 45.8 Å². The second kappa shape index (κ2) is 6.64. The molecule has 0 aliphatic rings. The molecular formula is C15H25NO2. The maximum atomic E-state index is 5.73. The molecule has 0 radical (unpaired) electrons. The summed E-state index contributed by atoms with van der Waals surface area (Å²) in [5, 5.41) is 3.46. The number of benzene rings is 1. The lowest BCUT2D eigenvalue weighted by atomic mass is 10.00. The smallest absolute Gasteiger partial charge is 0.142 e. The molecule has 1 rings (SSSR count). The molecule has 0 spiro atoms. The van der Waals surface area contributed by atoms with Crippen LogP contribution < -0.4 is 10.1 Å². The van der Waals surface area contributed by atoms with Gasteiger partial charge in [0.2, 0.25) is 0 Å². The van der Waals surface area contributed by atoms with Gasteiger partial charge in [-0.25, -0.2) is 0 Å². The van der Waals surface area contributed by atoms with Crippen LogP contribution in [0.3, 0.4) is 0 Å². The number of nitrogens with one attached hydrogen (secondary N) is 1. The fourth-order valence-electron chi connectivity index (χ4n) is 1.51. The Morgan fingerprint density at radius 1 is 1.28 bits per heavy atom. The summed E-state index contributed by atoms with van der Waals surface area (Å²) in [6.45, 7) is 9.09. The van der Waals surface area contributed by atoms with E-state index in [0.717, 1.165) is 24.5 Å². The quantitative estimate of drug-likeness (QED) is 0.801. The Morgan fingerprint density at radius 2 is 1.94 bits per heavy atom. The highest BCUT2D eigenvalue weighted by atomic mass is 16.5. The number of hydrogen-bond acceptors (Lipinski definition) is 3. The first-order chi connectivity index (χ1) is 8.51. The van der Waals surface area contributed by atoms with E-state index in [9.17, 15) is 0 Å². The van der Waals surface area contributed by atoms with Crippen molar-refractivity contribution in [1.82, 2.24) is 0 Å². The number of ether oxygens (including phenoxy) is 2. The summed E-state index contributed by atoms with van der Waals surface area (Å²) in [5.41, 5.74) is 0.793. The summed E-state index contributed by atoms with van der Waals surface area (Å²) in [4.78, 5) is 0. The van der Waals surface area contributed by atoms with Gasteiger partial charge in [0, 0.05) is 7.11 Å². The van der Waals surface area contributed by atoms with Crippen molar-refractivity contribution in [3.8, 4) is 5.75 Å². The Bertz CT molecular complexity index is 363. The normalized spacial score (nSPS) is 13.2. The van der Waals surface area contributed by atoms with Crippen LogP contribution in [0.2, 0.25) is 0 Å². The van der Waals surface area contributed by atoms with E-state index >= 15 is 0 Å². The Hall–Kier alpha value is -1.22. The average Bonchev–Trinajstić information content (AvgIpc) is 2.37. The van der Waals surface area contributed by atoms with Crippen molar-refractivity contribution in [3.05, 3.63) is 24.3 Å².